The van der Waals surface area contributed by atoms with Crippen molar-refractivity contribution in [3.8, 4) is 0 Å². The maximum absolute atomic E-state index is 5.64. The van der Waals surface area contributed by atoms with Crippen LogP contribution in [0.4, 0.5) is 0 Å². The smallest absolute Gasteiger partial charge is 0.143 e. The molecule has 1 saturated heterocycles. The van der Waals surface area contributed by atoms with E-state index in [2.05, 4.69) is 6.92 Å². The fourth-order valence-electron chi connectivity index (χ4n) is 3.32. The summed E-state index contributed by atoms with van der Waals surface area (Å²) < 4.78 is 16.9. The molecule has 16 heavy (non-hydrogen) atoms. The molecule has 1 heterocycles. The van der Waals surface area contributed by atoms with Crippen molar-refractivity contribution in [2.45, 2.75) is 50.2 Å². The van der Waals surface area contributed by atoms with E-state index >= 15 is 0 Å². The van der Waals surface area contributed by atoms with Crippen molar-refractivity contribution < 1.29 is 14.2 Å². The summed E-state index contributed by atoms with van der Waals surface area (Å²) in [6, 6.07) is 0. The number of methoxy groups -OCH3 is 2. The minimum absolute atomic E-state index is 0.304. The Bertz CT molecular complexity index is 242. The lowest BCUT2D eigenvalue weighted by Crippen LogP contribution is -2.46. The van der Waals surface area contributed by atoms with Crippen molar-refractivity contribution in [3.05, 3.63) is 0 Å². The Morgan fingerprint density at radius 1 is 1.31 bits per heavy atom. The summed E-state index contributed by atoms with van der Waals surface area (Å²) >= 11 is 0. The predicted octanol–water partition coefficient (Wildman–Crippen LogP) is 0.892. The predicted molar refractivity (Wildman–Crippen MR) is 66.5 cm³/mol. The molecule has 1 saturated carbocycles. The molecule has 0 spiro atoms. The topological polar surface area (TPSA) is 31.0 Å². The number of epoxide rings is 1. The summed E-state index contributed by atoms with van der Waals surface area (Å²) in [5.41, 5.74) is -0.304. The summed E-state index contributed by atoms with van der Waals surface area (Å²) in [4.78, 5) is 0. The normalized spacial score (nSPS) is 35.8. The van der Waals surface area contributed by atoms with E-state index in [4.69, 9.17) is 14.2 Å². The van der Waals surface area contributed by atoms with Gasteiger partial charge in [0.1, 0.15) is 5.41 Å². The zero-order valence-corrected chi connectivity index (χ0v) is 12.9. The number of fused-ring (bicyclic) bond motifs is 1. The highest BCUT2D eigenvalue weighted by Crippen LogP contribution is 2.45. The molecule has 4 atom stereocenters. The lowest BCUT2D eigenvalue weighted by Gasteiger charge is -2.40. The minimum Gasteiger partial charge on any atom is -0.370 e. The van der Waals surface area contributed by atoms with Crippen LogP contribution in [0.2, 0.25) is 0 Å². The van der Waals surface area contributed by atoms with Gasteiger partial charge < -0.3 is 14.2 Å². The molecule has 94 valence electrons. The Kier molecular flexibility index (Phi) is 3.74. The van der Waals surface area contributed by atoms with Gasteiger partial charge in [0, 0.05) is 20.1 Å². The first kappa shape index (κ1) is 12.6. The van der Waals surface area contributed by atoms with Gasteiger partial charge >= 0.3 is 0 Å². The molecule has 4 heteroatoms. The second kappa shape index (κ2) is 4.76. The molecule has 2 rings (SSSR count). The first-order valence-electron chi connectivity index (χ1n) is 6.40. The third-order valence-corrected chi connectivity index (χ3v) is 6.10. The van der Waals surface area contributed by atoms with E-state index in [9.17, 15) is 0 Å². The van der Waals surface area contributed by atoms with Crippen LogP contribution in [0.1, 0.15) is 32.6 Å². The molecule has 0 aromatic carbocycles. The molecule has 2 aliphatic rings. The maximum Gasteiger partial charge on any atom is 0.143 e. The van der Waals surface area contributed by atoms with Gasteiger partial charge in [-0.2, -0.15) is 0 Å². The van der Waals surface area contributed by atoms with Gasteiger partial charge in [-0.1, -0.05) is 6.92 Å². The third-order valence-electron chi connectivity index (χ3n) is 4.54. The van der Waals surface area contributed by atoms with Crippen LogP contribution >= 0.6 is 0 Å². The molecule has 0 aromatic rings. The standard InChI is InChI=1S/C12H24O3Si/c1-4-9(12(16,13-2)14-3)8-5-6-10-11(7-8)15-10/h8-11H,4-7H2,1-3,16H3. The maximum atomic E-state index is 5.64. The van der Waals surface area contributed by atoms with E-state index < -0.39 is 0 Å². The molecule has 0 amide bonds. The summed E-state index contributed by atoms with van der Waals surface area (Å²) in [5.74, 6) is 1.24. The van der Waals surface area contributed by atoms with E-state index in [1.54, 1.807) is 14.2 Å². The van der Waals surface area contributed by atoms with Gasteiger partial charge in [0.2, 0.25) is 0 Å². The lowest BCUT2D eigenvalue weighted by molar-refractivity contribution is -0.190. The highest BCUT2D eigenvalue weighted by molar-refractivity contribution is 6.13. The summed E-state index contributed by atoms with van der Waals surface area (Å²) in [6.07, 6.45) is 5.98. The van der Waals surface area contributed by atoms with Crippen LogP contribution in [0.5, 0.6) is 0 Å². The van der Waals surface area contributed by atoms with Gasteiger partial charge in [0.05, 0.1) is 22.5 Å². The van der Waals surface area contributed by atoms with Crippen LogP contribution < -0.4 is 0 Å². The van der Waals surface area contributed by atoms with Crippen LogP contribution in [0.3, 0.4) is 0 Å². The molecule has 2 fully saturated rings. The van der Waals surface area contributed by atoms with Gasteiger partial charge in [0.25, 0.3) is 0 Å². The van der Waals surface area contributed by atoms with E-state index in [1.807, 2.05) is 0 Å². The SMILES string of the molecule is CCC(C1CCC2OC2C1)C([SiH3])(OC)OC. The van der Waals surface area contributed by atoms with Crippen LogP contribution in [0.25, 0.3) is 0 Å². The monoisotopic (exact) mass is 244 g/mol. The van der Waals surface area contributed by atoms with Crippen molar-refractivity contribution >= 4 is 10.2 Å². The quantitative estimate of drug-likeness (QED) is 0.409. The Balaban J connectivity index is 2.02. The van der Waals surface area contributed by atoms with Gasteiger partial charge in [-0.15, -0.1) is 0 Å². The number of rotatable bonds is 5. The molecule has 3 nitrogen and oxygen atoms in total. The Morgan fingerprint density at radius 2 is 2.00 bits per heavy atom. The highest BCUT2D eigenvalue weighted by atomic mass is 28.1. The molecule has 1 aliphatic carbocycles. The molecular formula is C12H24O3Si. The molecule has 4 unspecified atom stereocenters. The van der Waals surface area contributed by atoms with Gasteiger partial charge in [-0.25, -0.2) is 0 Å². The van der Waals surface area contributed by atoms with Gasteiger partial charge in [-0.3, -0.25) is 0 Å². The lowest BCUT2D eigenvalue weighted by atomic mass is 9.78. The molecule has 0 bridgehead atoms. The Morgan fingerprint density at radius 3 is 2.50 bits per heavy atom. The van der Waals surface area contributed by atoms with E-state index in [0.717, 1.165) is 16.7 Å². The second-order valence-corrected chi connectivity index (χ2v) is 6.62. The number of hydrogen-bond acceptors (Lipinski definition) is 3. The van der Waals surface area contributed by atoms with Crippen LogP contribution in [-0.4, -0.2) is 42.1 Å². The second-order valence-electron chi connectivity index (χ2n) is 5.23. The minimum atomic E-state index is -0.304. The molecular weight excluding hydrogens is 220 g/mol. The first-order valence-corrected chi connectivity index (χ1v) is 7.40. The van der Waals surface area contributed by atoms with Crippen molar-refractivity contribution in [2.24, 2.45) is 11.8 Å². The number of hydrogen-bond donors (Lipinski definition) is 0. The Hall–Kier alpha value is 0.0969. The summed E-state index contributed by atoms with van der Waals surface area (Å²) in [6.45, 7) is 2.25. The fourth-order valence-corrected chi connectivity index (χ4v) is 4.20. The van der Waals surface area contributed by atoms with Crippen molar-refractivity contribution in [2.75, 3.05) is 14.2 Å². The summed E-state index contributed by atoms with van der Waals surface area (Å²) in [5, 5.41) is 0. The van der Waals surface area contributed by atoms with Crippen molar-refractivity contribution in [3.63, 3.8) is 0 Å². The third kappa shape index (κ3) is 2.21. The molecule has 0 N–H and O–H groups in total. The average Bonchev–Trinajstić information content (AvgIpc) is 3.08. The van der Waals surface area contributed by atoms with Gasteiger partial charge in [0.15, 0.2) is 0 Å². The number of ether oxygens (including phenoxy) is 3. The van der Waals surface area contributed by atoms with E-state index in [-0.39, 0.29) is 5.41 Å². The van der Waals surface area contributed by atoms with Crippen LogP contribution in [-0.2, 0) is 14.2 Å². The largest absolute Gasteiger partial charge is 0.370 e. The Labute approximate surface area is 101 Å². The first-order chi connectivity index (χ1) is 7.64. The van der Waals surface area contributed by atoms with Crippen LogP contribution in [0, 0.1) is 11.8 Å². The summed E-state index contributed by atoms with van der Waals surface area (Å²) in [7, 11) is 4.47. The average molecular weight is 244 g/mol. The van der Waals surface area contributed by atoms with Gasteiger partial charge in [-0.05, 0) is 31.6 Å². The van der Waals surface area contributed by atoms with Crippen molar-refractivity contribution in [1.82, 2.24) is 0 Å². The molecule has 0 radical (unpaired) electrons. The zero-order chi connectivity index (χ0) is 11.8. The molecule has 0 aromatic heterocycles. The fraction of sp³-hybridized carbons (Fsp3) is 1.00. The highest BCUT2D eigenvalue weighted by Gasteiger charge is 2.48. The van der Waals surface area contributed by atoms with E-state index in [1.165, 1.54) is 19.3 Å². The zero-order valence-electron chi connectivity index (χ0n) is 10.9. The van der Waals surface area contributed by atoms with Crippen molar-refractivity contribution in [1.29, 1.82) is 0 Å². The molecule has 1 aliphatic heterocycles. The van der Waals surface area contributed by atoms with E-state index in [0.29, 0.717) is 24.0 Å². The van der Waals surface area contributed by atoms with Crippen LogP contribution in [0.15, 0.2) is 0 Å².